The molecule has 3 rings (SSSR count). The van der Waals surface area contributed by atoms with Crippen molar-refractivity contribution in [3.8, 4) is 16.9 Å². The molecule has 0 bridgehead atoms. The van der Waals surface area contributed by atoms with Gasteiger partial charge in [0.25, 0.3) is 5.91 Å². The number of rotatable bonds is 5. The highest BCUT2D eigenvalue weighted by Crippen LogP contribution is 2.23. The van der Waals surface area contributed by atoms with Crippen LogP contribution in [0.1, 0.15) is 24.3 Å². The van der Waals surface area contributed by atoms with Crippen LogP contribution in [0.15, 0.2) is 54.6 Å². The SMILES string of the molecule is CC(C)CNC(=O)c1cc(-c2ccc(F)cc2)nn1-c1cccc(Cl)c1. The maximum absolute atomic E-state index is 13.2. The second kappa shape index (κ2) is 7.70. The smallest absolute Gasteiger partial charge is 0.270 e. The van der Waals surface area contributed by atoms with E-state index in [2.05, 4.69) is 10.4 Å². The second-order valence-electron chi connectivity index (χ2n) is 6.42. The van der Waals surface area contributed by atoms with Crippen molar-refractivity contribution in [3.63, 3.8) is 0 Å². The van der Waals surface area contributed by atoms with Crippen LogP contribution in [0.4, 0.5) is 4.39 Å². The summed E-state index contributed by atoms with van der Waals surface area (Å²) in [5.41, 5.74) is 2.39. The van der Waals surface area contributed by atoms with E-state index < -0.39 is 0 Å². The largest absolute Gasteiger partial charge is 0.350 e. The maximum atomic E-state index is 13.2. The molecule has 0 saturated carbocycles. The predicted octanol–water partition coefficient (Wildman–Crippen LogP) is 4.72. The van der Waals surface area contributed by atoms with Crippen molar-refractivity contribution in [2.45, 2.75) is 13.8 Å². The predicted molar refractivity (Wildman–Crippen MR) is 101 cm³/mol. The average molecular weight is 372 g/mol. The maximum Gasteiger partial charge on any atom is 0.270 e. The first-order valence-corrected chi connectivity index (χ1v) is 8.72. The molecule has 134 valence electrons. The highest BCUT2D eigenvalue weighted by molar-refractivity contribution is 6.30. The minimum absolute atomic E-state index is 0.223. The van der Waals surface area contributed by atoms with Crippen LogP contribution in [0, 0.1) is 11.7 Å². The number of benzene rings is 2. The molecule has 0 radical (unpaired) electrons. The molecular formula is C20H19ClFN3O. The zero-order valence-electron chi connectivity index (χ0n) is 14.5. The number of carbonyl (C=O) groups is 1. The van der Waals surface area contributed by atoms with Gasteiger partial charge in [-0.1, -0.05) is 31.5 Å². The normalized spacial score (nSPS) is 11.0. The van der Waals surface area contributed by atoms with Gasteiger partial charge in [-0.15, -0.1) is 0 Å². The Morgan fingerprint density at radius 1 is 1.19 bits per heavy atom. The zero-order valence-corrected chi connectivity index (χ0v) is 15.3. The Labute approximate surface area is 156 Å². The molecule has 1 heterocycles. The first-order chi connectivity index (χ1) is 12.4. The van der Waals surface area contributed by atoms with Gasteiger partial charge >= 0.3 is 0 Å². The lowest BCUT2D eigenvalue weighted by Crippen LogP contribution is -2.29. The molecule has 0 aliphatic rings. The van der Waals surface area contributed by atoms with Crippen LogP contribution in [-0.2, 0) is 0 Å². The third-order valence-corrected chi connectivity index (χ3v) is 4.04. The fourth-order valence-corrected chi connectivity index (χ4v) is 2.68. The van der Waals surface area contributed by atoms with Gasteiger partial charge in [0, 0.05) is 17.1 Å². The number of nitrogens with one attached hydrogen (secondary N) is 1. The molecule has 26 heavy (non-hydrogen) atoms. The second-order valence-corrected chi connectivity index (χ2v) is 6.85. The molecule has 0 unspecified atom stereocenters. The summed E-state index contributed by atoms with van der Waals surface area (Å²) in [4.78, 5) is 12.7. The number of carbonyl (C=O) groups excluding carboxylic acids is 1. The number of hydrogen-bond donors (Lipinski definition) is 1. The summed E-state index contributed by atoms with van der Waals surface area (Å²) in [5, 5.41) is 8.00. The van der Waals surface area contributed by atoms with Crippen molar-refractivity contribution in [1.29, 1.82) is 0 Å². The number of amides is 1. The minimum atomic E-state index is -0.321. The Bertz CT molecular complexity index is 919. The van der Waals surface area contributed by atoms with E-state index in [1.807, 2.05) is 19.9 Å². The highest BCUT2D eigenvalue weighted by Gasteiger charge is 2.18. The molecule has 0 aliphatic carbocycles. The summed E-state index contributed by atoms with van der Waals surface area (Å²) in [5.74, 6) is -0.212. The van der Waals surface area contributed by atoms with Gasteiger partial charge in [-0.2, -0.15) is 5.10 Å². The lowest BCUT2D eigenvalue weighted by Gasteiger charge is -2.10. The van der Waals surface area contributed by atoms with E-state index in [-0.39, 0.29) is 11.7 Å². The summed E-state index contributed by atoms with van der Waals surface area (Å²) in [7, 11) is 0. The molecule has 1 amide bonds. The molecule has 3 aromatic rings. The molecule has 1 N–H and O–H groups in total. The highest BCUT2D eigenvalue weighted by atomic mass is 35.5. The van der Waals surface area contributed by atoms with E-state index in [4.69, 9.17) is 11.6 Å². The first kappa shape index (κ1) is 18.1. The lowest BCUT2D eigenvalue weighted by molar-refractivity contribution is 0.0941. The summed E-state index contributed by atoms with van der Waals surface area (Å²) in [6, 6.07) is 14.8. The average Bonchev–Trinajstić information content (AvgIpc) is 3.05. The standard InChI is InChI=1S/C20H19ClFN3O/c1-13(2)12-23-20(26)19-11-18(14-6-8-16(22)9-7-14)24-25(19)17-5-3-4-15(21)10-17/h3-11,13H,12H2,1-2H3,(H,23,26). The number of halogens is 2. The number of hydrogen-bond acceptors (Lipinski definition) is 2. The van der Waals surface area contributed by atoms with Gasteiger partial charge in [-0.25, -0.2) is 9.07 Å². The fraction of sp³-hybridized carbons (Fsp3) is 0.200. The minimum Gasteiger partial charge on any atom is -0.350 e. The monoisotopic (exact) mass is 371 g/mol. The van der Waals surface area contributed by atoms with Crippen LogP contribution in [0.25, 0.3) is 16.9 Å². The molecule has 1 aromatic heterocycles. The van der Waals surface area contributed by atoms with Gasteiger partial charge in [-0.05, 0) is 54.4 Å². The molecular weight excluding hydrogens is 353 g/mol. The number of aromatic nitrogens is 2. The Balaban J connectivity index is 2.05. The van der Waals surface area contributed by atoms with E-state index in [9.17, 15) is 9.18 Å². The fourth-order valence-electron chi connectivity index (χ4n) is 2.50. The summed E-state index contributed by atoms with van der Waals surface area (Å²) < 4.78 is 14.8. The summed E-state index contributed by atoms with van der Waals surface area (Å²) in [6.45, 7) is 4.61. The molecule has 0 atom stereocenters. The number of nitrogens with zero attached hydrogens (tertiary/aromatic N) is 2. The van der Waals surface area contributed by atoms with Gasteiger partial charge in [0.05, 0.1) is 11.4 Å². The van der Waals surface area contributed by atoms with E-state index in [0.29, 0.717) is 34.6 Å². The van der Waals surface area contributed by atoms with Crippen LogP contribution in [0.5, 0.6) is 0 Å². The van der Waals surface area contributed by atoms with Gasteiger partial charge in [-0.3, -0.25) is 4.79 Å². The third-order valence-electron chi connectivity index (χ3n) is 3.81. The van der Waals surface area contributed by atoms with Crippen molar-refractivity contribution < 1.29 is 9.18 Å². The summed E-state index contributed by atoms with van der Waals surface area (Å²) in [6.07, 6.45) is 0. The van der Waals surface area contributed by atoms with Gasteiger partial charge < -0.3 is 5.32 Å². The lowest BCUT2D eigenvalue weighted by atomic mass is 10.1. The van der Waals surface area contributed by atoms with Crippen LogP contribution < -0.4 is 5.32 Å². The van der Waals surface area contributed by atoms with Crippen molar-refractivity contribution in [2.24, 2.45) is 5.92 Å². The topological polar surface area (TPSA) is 46.9 Å². The zero-order chi connectivity index (χ0) is 18.7. The molecule has 0 saturated heterocycles. The van der Waals surface area contributed by atoms with Crippen LogP contribution in [0.3, 0.4) is 0 Å². The first-order valence-electron chi connectivity index (χ1n) is 8.34. The molecule has 0 aliphatic heterocycles. The molecule has 4 nitrogen and oxygen atoms in total. The van der Waals surface area contributed by atoms with Crippen LogP contribution in [-0.4, -0.2) is 22.2 Å². The quantitative estimate of drug-likeness (QED) is 0.705. The Morgan fingerprint density at radius 3 is 2.58 bits per heavy atom. The Kier molecular flexibility index (Phi) is 5.38. The van der Waals surface area contributed by atoms with Gasteiger partial charge in [0.2, 0.25) is 0 Å². The Morgan fingerprint density at radius 2 is 1.92 bits per heavy atom. The molecule has 0 spiro atoms. The summed E-state index contributed by atoms with van der Waals surface area (Å²) >= 11 is 6.09. The molecule has 0 fully saturated rings. The van der Waals surface area contributed by atoms with Gasteiger partial charge in [0.1, 0.15) is 11.5 Å². The third kappa shape index (κ3) is 4.11. The van der Waals surface area contributed by atoms with Crippen molar-refractivity contribution in [1.82, 2.24) is 15.1 Å². The van der Waals surface area contributed by atoms with Crippen LogP contribution in [0.2, 0.25) is 5.02 Å². The van der Waals surface area contributed by atoms with Crippen molar-refractivity contribution in [3.05, 3.63) is 71.1 Å². The molecule has 6 heteroatoms. The van der Waals surface area contributed by atoms with Crippen molar-refractivity contribution >= 4 is 17.5 Å². The van der Waals surface area contributed by atoms with E-state index in [0.717, 1.165) is 5.56 Å². The molecule has 2 aromatic carbocycles. The van der Waals surface area contributed by atoms with Crippen molar-refractivity contribution in [2.75, 3.05) is 6.54 Å². The van der Waals surface area contributed by atoms with E-state index >= 15 is 0 Å². The Hall–Kier alpha value is -2.66. The van der Waals surface area contributed by atoms with E-state index in [1.54, 1.807) is 41.1 Å². The van der Waals surface area contributed by atoms with E-state index in [1.165, 1.54) is 12.1 Å². The van der Waals surface area contributed by atoms with Gasteiger partial charge in [0.15, 0.2) is 0 Å². The van der Waals surface area contributed by atoms with Crippen LogP contribution >= 0.6 is 11.6 Å².